The third kappa shape index (κ3) is 4.17. The molecular formula is C22H26N2O2S. The van der Waals surface area contributed by atoms with Gasteiger partial charge in [0.2, 0.25) is 0 Å². The smallest absolute Gasteiger partial charge is 0.265 e. The average molecular weight is 383 g/mol. The molecule has 5 heteroatoms. The molecular weight excluding hydrogens is 356 g/mol. The molecule has 1 aromatic heterocycles. The number of nitrogens with zero attached hydrogens (tertiary/aromatic N) is 1. The Bertz CT molecular complexity index is 894. The van der Waals surface area contributed by atoms with Crippen molar-refractivity contribution >= 4 is 22.2 Å². The van der Waals surface area contributed by atoms with Gasteiger partial charge in [0.25, 0.3) is 5.91 Å². The summed E-state index contributed by atoms with van der Waals surface area (Å²) in [4.78, 5) is 13.9. The summed E-state index contributed by atoms with van der Waals surface area (Å²) in [6, 6.07) is 8.20. The molecule has 1 amide bonds. The summed E-state index contributed by atoms with van der Waals surface area (Å²) in [6.07, 6.45) is 3.57. The van der Waals surface area contributed by atoms with E-state index < -0.39 is 6.10 Å². The number of anilines is 1. The number of carbonyl (C=O) groups is 1. The summed E-state index contributed by atoms with van der Waals surface area (Å²) in [5.41, 5.74) is 3.93. The highest BCUT2D eigenvalue weighted by molar-refractivity contribution is 7.16. The number of aryl methyl sites for hydroxylation is 2. The van der Waals surface area contributed by atoms with Crippen LogP contribution >= 0.6 is 11.3 Å². The lowest BCUT2D eigenvalue weighted by Crippen LogP contribution is -2.30. The Morgan fingerprint density at radius 3 is 2.89 bits per heavy atom. The van der Waals surface area contributed by atoms with Crippen molar-refractivity contribution in [3.8, 4) is 11.8 Å². The van der Waals surface area contributed by atoms with E-state index in [2.05, 4.69) is 18.3 Å². The van der Waals surface area contributed by atoms with Gasteiger partial charge in [0.05, 0.1) is 5.56 Å². The molecule has 3 rings (SSSR count). The number of carbonyl (C=O) groups excluding carboxylic acids is 1. The fourth-order valence-corrected chi connectivity index (χ4v) is 4.91. The zero-order valence-electron chi connectivity index (χ0n) is 16.4. The maximum atomic E-state index is 12.7. The van der Waals surface area contributed by atoms with Crippen molar-refractivity contribution < 1.29 is 9.53 Å². The fraction of sp³-hybridized carbons (Fsp3) is 0.455. The molecule has 27 heavy (non-hydrogen) atoms. The van der Waals surface area contributed by atoms with Crippen LogP contribution in [0.5, 0.6) is 5.75 Å². The topological polar surface area (TPSA) is 62.1 Å². The Labute approximate surface area is 165 Å². The number of amides is 1. The van der Waals surface area contributed by atoms with Crippen molar-refractivity contribution in [2.24, 2.45) is 5.92 Å². The van der Waals surface area contributed by atoms with Crippen molar-refractivity contribution in [3.05, 3.63) is 45.3 Å². The van der Waals surface area contributed by atoms with Crippen LogP contribution in [-0.2, 0) is 17.6 Å². The molecule has 0 fully saturated rings. The lowest BCUT2D eigenvalue weighted by Gasteiger charge is -2.20. The Balaban J connectivity index is 1.74. The first-order valence-corrected chi connectivity index (χ1v) is 10.3. The molecule has 1 aliphatic carbocycles. The molecule has 2 aromatic rings. The first kappa shape index (κ1) is 19.4. The highest BCUT2D eigenvalue weighted by Crippen LogP contribution is 2.40. The molecule has 2 atom stereocenters. The van der Waals surface area contributed by atoms with Gasteiger partial charge < -0.3 is 10.1 Å². The molecule has 1 aliphatic rings. The van der Waals surface area contributed by atoms with Crippen molar-refractivity contribution in [2.75, 3.05) is 5.32 Å². The fourth-order valence-electron chi connectivity index (χ4n) is 3.60. The predicted octanol–water partition coefficient (Wildman–Crippen LogP) is 5.16. The summed E-state index contributed by atoms with van der Waals surface area (Å²) in [5.74, 6) is 1.16. The van der Waals surface area contributed by atoms with E-state index in [-0.39, 0.29) is 5.91 Å². The average Bonchev–Trinajstić information content (AvgIpc) is 2.99. The number of thiophene rings is 1. The zero-order valence-corrected chi connectivity index (χ0v) is 17.2. The summed E-state index contributed by atoms with van der Waals surface area (Å²) >= 11 is 1.55. The highest BCUT2D eigenvalue weighted by atomic mass is 32.1. The number of rotatable bonds is 5. The van der Waals surface area contributed by atoms with Gasteiger partial charge in [-0.2, -0.15) is 5.26 Å². The first-order chi connectivity index (χ1) is 12.9. The van der Waals surface area contributed by atoms with Gasteiger partial charge in [-0.15, -0.1) is 11.3 Å². The Kier molecular flexibility index (Phi) is 5.86. The van der Waals surface area contributed by atoms with Crippen LogP contribution in [0.4, 0.5) is 5.00 Å². The van der Waals surface area contributed by atoms with Crippen LogP contribution in [-0.4, -0.2) is 12.0 Å². The van der Waals surface area contributed by atoms with Crippen molar-refractivity contribution in [2.45, 2.75) is 59.5 Å². The van der Waals surface area contributed by atoms with Crippen molar-refractivity contribution in [1.82, 2.24) is 0 Å². The molecule has 1 aromatic carbocycles. The minimum Gasteiger partial charge on any atom is -0.481 e. The maximum absolute atomic E-state index is 12.7. The van der Waals surface area contributed by atoms with E-state index in [0.29, 0.717) is 22.2 Å². The summed E-state index contributed by atoms with van der Waals surface area (Å²) in [7, 11) is 0. The van der Waals surface area contributed by atoms with Crippen LogP contribution in [0, 0.1) is 31.1 Å². The van der Waals surface area contributed by atoms with Crippen molar-refractivity contribution in [3.63, 3.8) is 0 Å². The van der Waals surface area contributed by atoms with Gasteiger partial charge in [0.1, 0.15) is 16.8 Å². The van der Waals surface area contributed by atoms with E-state index in [0.717, 1.165) is 42.4 Å². The summed E-state index contributed by atoms with van der Waals surface area (Å²) in [6.45, 7) is 7.95. The molecule has 0 aliphatic heterocycles. The Morgan fingerprint density at radius 1 is 1.44 bits per heavy atom. The third-order valence-corrected chi connectivity index (χ3v) is 6.47. The van der Waals surface area contributed by atoms with E-state index >= 15 is 0 Å². The normalized spacial score (nSPS) is 16.9. The number of hydrogen-bond acceptors (Lipinski definition) is 4. The van der Waals surface area contributed by atoms with Gasteiger partial charge in [-0.3, -0.25) is 4.79 Å². The number of ether oxygens (including phenoxy) is 1. The molecule has 142 valence electrons. The minimum absolute atomic E-state index is 0.225. The van der Waals surface area contributed by atoms with E-state index in [1.807, 2.05) is 32.0 Å². The van der Waals surface area contributed by atoms with E-state index in [1.54, 1.807) is 18.3 Å². The lowest BCUT2D eigenvalue weighted by atomic mass is 9.86. The van der Waals surface area contributed by atoms with Crippen LogP contribution in [0.3, 0.4) is 0 Å². The summed E-state index contributed by atoms with van der Waals surface area (Å²) in [5, 5.41) is 13.2. The first-order valence-electron chi connectivity index (χ1n) is 9.52. The molecule has 0 bridgehead atoms. The number of fused-ring (bicyclic) bond motifs is 1. The molecule has 0 spiro atoms. The van der Waals surface area contributed by atoms with Crippen LogP contribution in [0.2, 0.25) is 0 Å². The largest absolute Gasteiger partial charge is 0.481 e. The second kappa shape index (κ2) is 8.14. The molecule has 1 N–H and O–H groups in total. The molecule has 0 radical (unpaired) electrons. The van der Waals surface area contributed by atoms with E-state index in [9.17, 15) is 10.1 Å². The Morgan fingerprint density at radius 2 is 2.22 bits per heavy atom. The number of hydrogen-bond donors (Lipinski definition) is 1. The van der Waals surface area contributed by atoms with Gasteiger partial charge in [-0.05, 0) is 63.1 Å². The standard InChI is InChI=1S/C22H26N2O2S/c1-5-16-7-8-17-18(12-23)22(27-20(17)11-16)24-21(25)15(4)26-19-9-6-13(2)10-14(19)3/h6,9-10,15-16H,5,7-8,11H2,1-4H3,(H,24,25)/t15-,16+/m1/s1. The highest BCUT2D eigenvalue weighted by Gasteiger charge is 2.27. The second-order valence-corrected chi connectivity index (χ2v) is 8.46. The van der Waals surface area contributed by atoms with Crippen LogP contribution in [0.1, 0.15) is 53.8 Å². The SMILES string of the molecule is CC[C@H]1CCc2c(sc(NC(=O)[C@@H](C)Oc3ccc(C)cc3C)c2C#N)C1. The van der Waals surface area contributed by atoms with Crippen LogP contribution < -0.4 is 10.1 Å². The minimum atomic E-state index is -0.638. The van der Waals surface area contributed by atoms with Gasteiger partial charge in [0, 0.05) is 4.88 Å². The maximum Gasteiger partial charge on any atom is 0.265 e. The van der Waals surface area contributed by atoms with Gasteiger partial charge in [-0.1, -0.05) is 31.0 Å². The predicted molar refractivity (Wildman–Crippen MR) is 109 cm³/mol. The quantitative estimate of drug-likeness (QED) is 0.777. The third-order valence-electron chi connectivity index (χ3n) is 5.30. The molecule has 0 unspecified atom stereocenters. The van der Waals surface area contributed by atoms with Gasteiger partial charge >= 0.3 is 0 Å². The number of nitrogens with one attached hydrogen (secondary N) is 1. The number of nitriles is 1. The van der Waals surface area contributed by atoms with Gasteiger partial charge in [-0.25, -0.2) is 0 Å². The molecule has 1 heterocycles. The Hall–Kier alpha value is -2.32. The van der Waals surface area contributed by atoms with Crippen LogP contribution in [0.15, 0.2) is 18.2 Å². The lowest BCUT2D eigenvalue weighted by molar-refractivity contribution is -0.122. The number of benzene rings is 1. The van der Waals surface area contributed by atoms with Crippen LogP contribution in [0.25, 0.3) is 0 Å². The zero-order chi connectivity index (χ0) is 19.6. The molecule has 0 saturated carbocycles. The van der Waals surface area contributed by atoms with E-state index in [1.165, 1.54) is 4.88 Å². The second-order valence-electron chi connectivity index (χ2n) is 7.36. The van der Waals surface area contributed by atoms with Crippen molar-refractivity contribution in [1.29, 1.82) is 5.26 Å². The van der Waals surface area contributed by atoms with Gasteiger partial charge in [0.15, 0.2) is 6.10 Å². The van der Waals surface area contributed by atoms with E-state index in [4.69, 9.17) is 4.74 Å². The monoisotopic (exact) mass is 382 g/mol. The molecule has 0 saturated heterocycles. The molecule has 4 nitrogen and oxygen atoms in total. The summed E-state index contributed by atoms with van der Waals surface area (Å²) < 4.78 is 5.85.